The second kappa shape index (κ2) is 6.01. The van der Waals surface area contributed by atoms with Gasteiger partial charge in [-0.3, -0.25) is 0 Å². The van der Waals surface area contributed by atoms with Crippen LogP contribution >= 0.6 is 15.9 Å². The molecule has 0 radical (unpaired) electrons. The number of rotatable bonds is 4. The van der Waals surface area contributed by atoms with Gasteiger partial charge in [0.1, 0.15) is 18.2 Å². The Morgan fingerprint density at radius 2 is 1.72 bits per heavy atom. The highest BCUT2D eigenvalue weighted by atomic mass is 79.9. The van der Waals surface area contributed by atoms with Gasteiger partial charge in [-0.2, -0.15) is 0 Å². The topological polar surface area (TPSA) is 9.23 Å². The van der Waals surface area contributed by atoms with Gasteiger partial charge in [0, 0.05) is 0 Å². The summed E-state index contributed by atoms with van der Waals surface area (Å²) < 4.78 is 19.2. The van der Waals surface area contributed by atoms with Gasteiger partial charge in [0.2, 0.25) is 0 Å². The van der Waals surface area contributed by atoms with Crippen molar-refractivity contribution in [3.63, 3.8) is 0 Å². The summed E-state index contributed by atoms with van der Waals surface area (Å²) in [6.45, 7) is 2.55. The van der Waals surface area contributed by atoms with Crippen LogP contribution < -0.4 is 4.74 Å². The smallest absolute Gasteiger partial charge is 0.137 e. The molecule has 0 saturated heterocycles. The molecule has 0 atom stereocenters. The zero-order valence-electron chi connectivity index (χ0n) is 10.1. The molecule has 0 fully saturated rings. The average molecular weight is 309 g/mol. The van der Waals surface area contributed by atoms with Gasteiger partial charge >= 0.3 is 0 Å². The summed E-state index contributed by atoms with van der Waals surface area (Å²) in [5.74, 6) is 0.568. The molecule has 0 aliphatic carbocycles. The molecule has 2 rings (SSSR count). The second-order valence-corrected chi connectivity index (χ2v) is 4.89. The van der Waals surface area contributed by atoms with Crippen LogP contribution in [0.25, 0.3) is 0 Å². The van der Waals surface area contributed by atoms with Crippen LogP contribution in [0.15, 0.2) is 46.9 Å². The molecule has 0 heterocycles. The summed E-state index contributed by atoms with van der Waals surface area (Å²) in [5.41, 5.74) is 2.22. The van der Waals surface area contributed by atoms with E-state index in [1.807, 2.05) is 12.1 Å². The molecule has 0 spiro atoms. The Morgan fingerprint density at radius 3 is 2.33 bits per heavy atom. The van der Waals surface area contributed by atoms with Crippen LogP contribution in [0.5, 0.6) is 5.75 Å². The van der Waals surface area contributed by atoms with Crippen molar-refractivity contribution in [2.75, 3.05) is 0 Å². The molecule has 0 aliphatic rings. The van der Waals surface area contributed by atoms with Crippen molar-refractivity contribution in [2.24, 2.45) is 0 Å². The molecule has 0 saturated carbocycles. The van der Waals surface area contributed by atoms with Crippen molar-refractivity contribution < 1.29 is 9.13 Å². The molecule has 0 aliphatic heterocycles. The van der Waals surface area contributed by atoms with E-state index >= 15 is 0 Å². The number of aryl methyl sites for hydroxylation is 1. The molecule has 94 valence electrons. The summed E-state index contributed by atoms with van der Waals surface area (Å²) in [4.78, 5) is 0. The van der Waals surface area contributed by atoms with E-state index in [-0.39, 0.29) is 5.82 Å². The van der Waals surface area contributed by atoms with E-state index in [0.29, 0.717) is 11.1 Å². The average Bonchev–Trinajstić information content (AvgIpc) is 2.41. The molecule has 18 heavy (non-hydrogen) atoms. The number of hydrogen-bond acceptors (Lipinski definition) is 1. The lowest BCUT2D eigenvalue weighted by molar-refractivity contribution is 0.306. The summed E-state index contributed by atoms with van der Waals surface area (Å²) in [7, 11) is 0. The minimum atomic E-state index is -0.258. The Morgan fingerprint density at radius 1 is 1.06 bits per heavy atom. The molecule has 2 aromatic carbocycles. The van der Waals surface area contributed by atoms with E-state index in [9.17, 15) is 4.39 Å². The third-order valence-corrected chi connectivity index (χ3v) is 3.33. The van der Waals surface area contributed by atoms with Crippen molar-refractivity contribution in [1.29, 1.82) is 0 Å². The molecule has 2 aromatic rings. The van der Waals surface area contributed by atoms with Gasteiger partial charge in [0.15, 0.2) is 0 Å². The second-order valence-electron chi connectivity index (χ2n) is 4.03. The van der Waals surface area contributed by atoms with E-state index in [0.717, 1.165) is 17.7 Å². The molecule has 1 nitrogen and oxygen atoms in total. The number of halogens is 2. The predicted octanol–water partition coefficient (Wildman–Crippen LogP) is 4.73. The summed E-state index contributed by atoms with van der Waals surface area (Å²) in [6, 6.07) is 12.9. The number of ether oxygens (including phenoxy) is 1. The Balaban J connectivity index is 1.99. The summed E-state index contributed by atoms with van der Waals surface area (Å²) in [6.07, 6.45) is 1.02. The predicted molar refractivity (Wildman–Crippen MR) is 74.3 cm³/mol. The molecule has 0 unspecified atom stereocenters. The van der Waals surface area contributed by atoms with Gasteiger partial charge < -0.3 is 4.74 Å². The van der Waals surface area contributed by atoms with Crippen LogP contribution in [0.3, 0.4) is 0 Å². The molecule has 3 heteroatoms. The highest BCUT2D eigenvalue weighted by Crippen LogP contribution is 2.19. The van der Waals surface area contributed by atoms with Gasteiger partial charge in [0.25, 0.3) is 0 Å². The zero-order valence-corrected chi connectivity index (χ0v) is 11.7. The van der Waals surface area contributed by atoms with E-state index in [4.69, 9.17) is 4.74 Å². The van der Waals surface area contributed by atoms with Crippen molar-refractivity contribution in [1.82, 2.24) is 0 Å². The van der Waals surface area contributed by atoms with Crippen LogP contribution in [0.4, 0.5) is 4.39 Å². The van der Waals surface area contributed by atoms with E-state index in [1.165, 1.54) is 11.6 Å². The first-order valence-electron chi connectivity index (χ1n) is 5.84. The SMILES string of the molecule is CCc1ccc(OCc2ccc(F)c(Br)c2)cc1. The van der Waals surface area contributed by atoms with Crippen LogP contribution in [-0.4, -0.2) is 0 Å². The summed E-state index contributed by atoms with van der Waals surface area (Å²) >= 11 is 3.16. The van der Waals surface area contributed by atoms with Gasteiger partial charge in [-0.15, -0.1) is 0 Å². The van der Waals surface area contributed by atoms with E-state index < -0.39 is 0 Å². The fourth-order valence-corrected chi connectivity index (χ4v) is 2.04. The van der Waals surface area contributed by atoms with Crippen LogP contribution in [0, 0.1) is 5.82 Å². The van der Waals surface area contributed by atoms with Crippen molar-refractivity contribution in [2.45, 2.75) is 20.0 Å². The number of hydrogen-bond donors (Lipinski definition) is 0. The number of benzene rings is 2. The third kappa shape index (κ3) is 3.33. The van der Waals surface area contributed by atoms with E-state index in [2.05, 4.69) is 35.0 Å². The Kier molecular flexibility index (Phi) is 4.37. The highest BCUT2D eigenvalue weighted by Gasteiger charge is 2.01. The molecular formula is C15H14BrFO. The molecule has 0 N–H and O–H groups in total. The van der Waals surface area contributed by atoms with Crippen LogP contribution in [0.1, 0.15) is 18.1 Å². The maximum absolute atomic E-state index is 13.1. The summed E-state index contributed by atoms with van der Waals surface area (Å²) in [5, 5.41) is 0. The first kappa shape index (κ1) is 13.1. The van der Waals surface area contributed by atoms with Crippen LogP contribution in [-0.2, 0) is 13.0 Å². The van der Waals surface area contributed by atoms with Crippen LogP contribution in [0.2, 0.25) is 0 Å². The first-order valence-corrected chi connectivity index (χ1v) is 6.64. The van der Waals surface area contributed by atoms with Gasteiger partial charge in [-0.25, -0.2) is 4.39 Å². The molecule has 0 amide bonds. The maximum Gasteiger partial charge on any atom is 0.137 e. The van der Waals surface area contributed by atoms with Gasteiger partial charge in [-0.05, 0) is 57.7 Å². The Labute approximate surface area is 115 Å². The van der Waals surface area contributed by atoms with Crippen molar-refractivity contribution in [3.8, 4) is 5.75 Å². The first-order chi connectivity index (χ1) is 8.69. The Hall–Kier alpha value is -1.35. The van der Waals surface area contributed by atoms with Gasteiger partial charge in [0.05, 0.1) is 4.47 Å². The monoisotopic (exact) mass is 308 g/mol. The quantitative estimate of drug-likeness (QED) is 0.793. The standard InChI is InChI=1S/C15H14BrFO/c1-2-11-3-6-13(7-4-11)18-10-12-5-8-15(17)14(16)9-12/h3-9H,2,10H2,1H3. The fraction of sp³-hybridized carbons (Fsp3) is 0.200. The van der Waals surface area contributed by atoms with E-state index in [1.54, 1.807) is 12.1 Å². The Bertz CT molecular complexity index is 523. The lowest BCUT2D eigenvalue weighted by atomic mass is 10.2. The molecule has 0 aromatic heterocycles. The largest absolute Gasteiger partial charge is 0.489 e. The third-order valence-electron chi connectivity index (χ3n) is 2.72. The minimum absolute atomic E-state index is 0.258. The normalized spacial score (nSPS) is 10.4. The maximum atomic E-state index is 13.1. The minimum Gasteiger partial charge on any atom is -0.489 e. The van der Waals surface area contributed by atoms with Crippen molar-refractivity contribution in [3.05, 3.63) is 63.9 Å². The lowest BCUT2D eigenvalue weighted by Crippen LogP contribution is -1.96. The highest BCUT2D eigenvalue weighted by molar-refractivity contribution is 9.10. The molecular weight excluding hydrogens is 295 g/mol. The van der Waals surface area contributed by atoms with Crippen molar-refractivity contribution >= 4 is 15.9 Å². The zero-order chi connectivity index (χ0) is 13.0. The molecule has 0 bridgehead atoms. The lowest BCUT2D eigenvalue weighted by Gasteiger charge is -2.07. The van der Waals surface area contributed by atoms with Gasteiger partial charge in [-0.1, -0.05) is 25.1 Å². The fourth-order valence-electron chi connectivity index (χ4n) is 1.62.